The second kappa shape index (κ2) is 14.8. The Kier molecular flexibility index (Phi) is 8.53. The molecule has 0 aliphatic carbocycles. The molecule has 0 aliphatic rings. The lowest BCUT2D eigenvalue weighted by Gasteiger charge is -2.27. The van der Waals surface area contributed by atoms with Gasteiger partial charge in [0, 0.05) is 33.1 Å². The van der Waals surface area contributed by atoms with Crippen LogP contribution in [-0.4, -0.2) is 4.57 Å². The maximum Gasteiger partial charge on any atom is 0.0541 e. The van der Waals surface area contributed by atoms with E-state index in [1.54, 1.807) is 0 Å². The Bertz CT molecular complexity index is 3570. The molecule has 0 radical (unpaired) electrons. The standard InChI is InChI=1S/C60H40N2/c1-3-18-51-44(14-1)27-28-48-40-46(33-38-52(48)51)42-31-36-50(37-32-42)61(57-26-12-15-43-13-2-4-19-53(43)57)49-34-29-41(30-35-49)45-16-11-17-47(39-45)54-20-5-8-23-58(54)62-59-24-9-6-21-55(59)56-22-7-10-25-60(56)62/h1-40H. The molecule has 2 heteroatoms. The first-order valence-electron chi connectivity index (χ1n) is 21.3. The second-order valence-electron chi connectivity index (χ2n) is 16.1. The molecule has 0 fully saturated rings. The number of hydrogen-bond donors (Lipinski definition) is 0. The predicted molar refractivity (Wildman–Crippen MR) is 264 cm³/mol. The molecule has 0 bridgehead atoms. The summed E-state index contributed by atoms with van der Waals surface area (Å²) in [5.74, 6) is 0. The first-order chi connectivity index (χ1) is 30.7. The number of rotatable bonds is 7. The average molecular weight is 789 g/mol. The van der Waals surface area contributed by atoms with Crippen molar-refractivity contribution in [3.63, 3.8) is 0 Å². The minimum atomic E-state index is 1.10. The van der Waals surface area contributed by atoms with Gasteiger partial charge in [0.1, 0.15) is 0 Å². The molecule has 0 unspecified atom stereocenters. The van der Waals surface area contributed by atoms with Gasteiger partial charge < -0.3 is 9.47 Å². The zero-order chi connectivity index (χ0) is 41.0. The number of aromatic nitrogens is 1. The summed E-state index contributed by atoms with van der Waals surface area (Å²) < 4.78 is 2.42. The van der Waals surface area contributed by atoms with E-state index in [-0.39, 0.29) is 0 Å². The van der Waals surface area contributed by atoms with E-state index >= 15 is 0 Å². The van der Waals surface area contributed by atoms with Crippen molar-refractivity contribution >= 4 is 71.2 Å². The molecule has 0 spiro atoms. The van der Waals surface area contributed by atoms with Crippen LogP contribution in [0.5, 0.6) is 0 Å². The van der Waals surface area contributed by atoms with Gasteiger partial charge in [-0.05, 0) is 115 Å². The summed E-state index contributed by atoms with van der Waals surface area (Å²) in [7, 11) is 0. The van der Waals surface area contributed by atoms with Crippen LogP contribution >= 0.6 is 0 Å². The number of fused-ring (bicyclic) bond motifs is 7. The molecule has 11 aromatic carbocycles. The maximum absolute atomic E-state index is 2.42. The monoisotopic (exact) mass is 788 g/mol. The Morgan fingerprint density at radius 2 is 0.758 bits per heavy atom. The number of anilines is 3. The highest BCUT2D eigenvalue weighted by molar-refractivity contribution is 6.10. The van der Waals surface area contributed by atoms with Crippen LogP contribution in [0, 0.1) is 0 Å². The van der Waals surface area contributed by atoms with Crippen molar-refractivity contribution in [2.45, 2.75) is 0 Å². The van der Waals surface area contributed by atoms with E-state index in [9.17, 15) is 0 Å². The highest BCUT2D eigenvalue weighted by Crippen LogP contribution is 2.42. The molecular weight excluding hydrogens is 749 g/mol. The molecule has 0 N–H and O–H groups in total. The summed E-state index contributed by atoms with van der Waals surface area (Å²) in [6, 6.07) is 88.4. The number of nitrogens with zero attached hydrogens (tertiary/aromatic N) is 2. The lowest BCUT2D eigenvalue weighted by atomic mass is 9.97. The Hall–Kier alpha value is -8.20. The van der Waals surface area contributed by atoms with Gasteiger partial charge in [0.25, 0.3) is 0 Å². The Morgan fingerprint density at radius 3 is 1.47 bits per heavy atom. The molecule has 0 atom stereocenters. The Morgan fingerprint density at radius 1 is 0.274 bits per heavy atom. The lowest BCUT2D eigenvalue weighted by Crippen LogP contribution is -2.10. The summed E-state index contributed by atoms with van der Waals surface area (Å²) in [6.45, 7) is 0. The molecule has 0 saturated heterocycles. The normalized spacial score (nSPS) is 11.5. The van der Waals surface area contributed by atoms with Crippen molar-refractivity contribution in [2.24, 2.45) is 0 Å². The van der Waals surface area contributed by atoms with E-state index in [0.29, 0.717) is 0 Å². The van der Waals surface area contributed by atoms with Crippen LogP contribution in [0.25, 0.3) is 93.2 Å². The third-order valence-electron chi connectivity index (χ3n) is 12.6. The molecule has 0 aliphatic heterocycles. The minimum Gasteiger partial charge on any atom is -0.310 e. The quantitative estimate of drug-likeness (QED) is 0.146. The number of para-hydroxylation sites is 3. The summed E-state index contributed by atoms with van der Waals surface area (Å²) in [6.07, 6.45) is 0. The molecule has 12 aromatic rings. The molecule has 1 heterocycles. The number of benzene rings is 11. The summed E-state index contributed by atoms with van der Waals surface area (Å²) >= 11 is 0. The van der Waals surface area contributed by atoms with E-state index < -0.39 is 0 Å². The van der Waals surface area contributed by atoms with E-state index in [1.165, 1.54) is 93.2 Å². The molecule has 2 nitrogen and oxygen atoms in total. The maximum atomic E-state index is 2.42. The zero-order valence-corrected chi connectivity index (χ0v) is 34.0. The van der Waals surface area contributed by atoms with Gasteiger partial charge >= 0.3 is 0 Å². The molecular formula is C60H40N2. The van der Waals surface area contributed by atoms with Crippen LogP contribution < -0.4 is 4.90 Å². The third kappa shape index (κ3) is 6.04. The molecule has 12 rings (SSSR count). The van der Waals surface area contributed by atoms with Gasteiger partial charge in [-0.25, -0.2) is 0 Å². The van der Waals surface area contributed by atoms with E-state index in [1.807, 2.05) is 0 Å². The van der Waals surface area contributed by atoms with Crippen LogP contribution in [0.4, 0.5) is 17.1 Å². The van der Waals surface area contributed by atoms with Crippen molar-refractivity contribution in [2.75, 3.05) is 4.90 Å². The molecule has 1 aromatic heterocycles. The minimum absolute atomic E-state index is 1.10. The van der Waals surface area contributed by atoms with Gasteiger partial charge in [-0.1, -0.05) is 182 Å². The van der Waals surface area contributed by atoms with E-state index in [4.69, 9.17) is 0 Å². The molecule has 290 valence electrons. The fraction of sp³-hybridized carbons (Fsp3) is 0. The summed E-state index contributed by atoms with van der Waals surface area (Å²) in [5, 5.41) is 10.0. The largest absolute Gasteiger partial charge is 0.310 e. The summed E-state index contributed by atoms with van der Waals surface area (Å²) in [5.41, 5.74) is 14.1. The van der Waals surface area contributed by atoms with E-state index in [0.717, 1.165) is 17.1 Å². The average Bonchev–Trinajstić information content (AvgIpc) is 3.68. The lowest BCUT2D eigenvalue weighted by molar-refractivity contribution is 1.18. The van der Waals surface area contributed by atoms with Crippen molar-refractivity contribution in [3.05, 3.63) is 243 Å². The van der Waals surface area contributed by atoms with Crippen LogP contribution in [-0.2, 0) is 0 Å². The topological polar surface area (TPSA) is 8.17 Å². The second-order valence-corrected chi connectivity index (χ2v) is 16.1. The summed E-state index contributed by atoms with van der Waals surface area (Å²) in [4.78, 5) is 2.39. The fourth-order valence-corrected chi connectivity index (χ4v) is 9.59. The van der Waals surface area contributed by atoms with Crippen LogP contribution in [0.15, 0.2) is 243 Å². The van der Waals surface area contributed by atoms with Crippen molar-refractivity contribution in [1.82, 2.24) is 4.57 Å². The Balaban J connectivity index is 0.914. The highest BCUT2D eigenvalue weighted by atomic mass is 15.1. The van der Waals surface area contributed by atoms with Crippen LogP contribution in [0.3, 0.4) is 0 Å². The van der Waals surface area contributed by atoms with Crippen LogP contribution in [0.1, 0.15) is 0 Å². The highest BCUT2D eigenvalue weighted by Gasteiger charge is 2.18. The smallest absolute Gasteiger partial charge is 0.0541 e. The molecule has 0 saturated carbocycles. The van der Waals surface area contributed by atoms with Crippen molar-refractivity contribution in [1.29, 1.82) is 0 Å². The third-order valence-corrected chi connectivity index (χ3v) is 12.6. The predicted octanol–water partition coefficient (Wildman–Crippen LogP) is 16.7. The van der Waals surface area contributed by atoms with Gasteiger partial charge in [-0.2, -0.15) is 0 Å². The molecule has 0 amide bonds. The first kappa shape index (κ1) is 35.7. The SMILES string of the molecule is c1cc(-c2ccc(N(c3ccc(-c4ccc5c(ccc6ccccc65)c4)cc3)c3cccc4ccccc34)cc2)cc(-c2ccccc2-n2c3ccccc3c3ccccc32)c1. The fourth-order valence-electron chi connectivity index (χ4n) is 9.59. The van der Waals surface area contributed by atoms with Gasteiger partial charge in [-0.3, -0.25) is 0 Å². The van der Waals surface area contributed by atoms with Gasteiger partial charge in [-0.15, -0.1) is 0 Å². The zero-order valence-electron chi connectivity index (χ0n) is 34.0. The number of hydrogen-bond acceptors (Lipinski definition) is 1. The Labute approximate surface area is 360 Å². The van der Waals surface area contributed by atoms with E-state index in [2.05, 4.69) is 252 Å². The van der Waals surface area contributed by atoms with Gasteiger partial charge in [0.15, 0.2) is 0 Å². The first-order valence-corrected chi connectivity index (χ1v) is 21.3. The van der Waals surface area contributed by atoms with Crippen molar-refractivity contribution in [3.8, 4) is 39.1 Å². The van der Waals surface area contributed by atoms with Gasteiger partial charge in [0.2, 0.25) is 0 Å². The van der Waals surface area contributed by atoms with Gasteiger partial charge in [0.05, 0.1) is 22.4 Å². The molecule has 62 heavy (non-hydrogen) atoms. The van der Waals surface area contributed by atoms with Crippen molar-refractivity contribution < 1.29 is 0 Å². The van der Waals surface area contributed by atoms with Crippen LogP contribution in [0.2, 0.25) is 0 Å².